The number of hydrogen-bond acceptors (Lipinski definition) is 4. The van der Waals surface area contributed by atoms with E-state index in [1.54, 1.807) is 9.80 Å². The van der Waals surface area contributed by atoms with Gasteiger partial charge in [0.15, 0.2) is 0 Å². The van der Waals surface area contributed by atoms with Gasteiger partial charge < -0.3 is 19.9 Å². The minimum Gasteiger partial charge on any atom is -0.374 e. The Morgan fingerprint density at radius 2 is 1.70 bits per heavy atom. The largest absolute Gasteiger partial charge is 0.374 e. The van der Waals surface area contributed by atoms with Gasteiger partial charge in [-0.25, -0.2) is 0 Å². The Bertz CT molecular complexity index is 1200. The molecule has 0 radical (unpaired) electrons. The minimum absolute atomic E-state index is 0.114. The van der Waals surface area contributed by atoms with Crippen LogP contribution in [0.4, 0.5) is 0 Å². The number of carbonyl (C=O) groups excluding carboxylic acids is 3. The molecule has 3 amide bonds. The van der Waals surface area contributed by atoms with Crippen LogP contribution in [-0.4, -0.2) is 65.8 Å². The van der Waals surface area contributed by atoms with Crippen molar-refractivity contribution in [1.82, 2.24) is 15.1 Å². The third-order valence-electron chi connectivity index (χ3n) is 6.26. The van der Waals surface area contributed by atoms with Gasteiger partial charge in [-0.1, -0.05) is 60.7 Å². The lowest BCUT2D eigenvalue weighted by molar-refractivity contribution is -0.154. The van der Waals surface area contributed by atoms with E-state index in [4.69, 9.17) is 4.74 Å². The predicted molar refractivity (Wildman–Crippen MR) is 123 cm³/mol. The molecule has 3 aromatic carbocycles. The Labute approximate surface area is 191 Å². The van der Waals surface area contributed by atoms with Gasteiger partial charge in [-0.3, -0.25) is 14.4 Å². The summed E-state index contributed by atoms with van der Waals surface area (Å²) in [7, 11) is 0. The van der Waals surface area contributed by atoms with Crippen LogP contribution >= 0.6 is 0 Å². The monoisotopic (exact) mass is 443 g/mol. The fourth-order valence-corrected chi connectivity index (χ4v) is 4.47. The molecule has 0 bridgehead atoms. The Morgan fingerprint density at radius 3 is 2.52 bits per heavy atom. The molecule has 0 spiro atoms. The van der Waals surface area contributed by atoms with Crippen molar-refractivity contribution in [3.8, 4) is 0 Å². The number of nitrogens with one attached hydrogen (secondary N) is 1. The second-order valence-electron chi connectivity index (χ2n) is 8.42. The van der Waals surface area contributed by atoms with E-state index in [-0.39, 0.29) is 30.9 Å². The summed E-state index contributed by atoms with van der Waals surface area (Å²) in [5.74, 6) is -0.543. The average Bonchev–Trinajstić information content (AvgIpc) is 2.86. The lowest BCUT2D eigenvalue weighted by atomic mass is 10.0. The summed E-state index contributed by atoms with van der Waals surface area (Å²) < 4.78 is 5.68. The summed E-state index contributed by atoms with van der Waals surface area (Å²) in [6, 6.07) is 21.8. The molecule has 3 aromatic rings. The number of ether oxygens (including phenoxy) is 1. The van der Waals surface area contributed by atoms with Gasteiger partial charge in [0.1, 0.15) is 12.1 Å². The molecular formula is C26H25N3O4. The number of carbonyl (C=O) groups is 3. The zero-order valence-corrected chi connectivity index (χ0v) is 18.1. The van der Waals surface area contributed by atoms with Crippen LogP contribution in [-0.2, 0) is 20.9 Å². The summed E-state index contributed by atoms with van der Waals surface area (Å²) in [6.45, 7) is 1.38. The number of fused-ring (bicyclic) bond motifs is 2. The van der Waals surface area contributed by atoms with Crippen LogP contribution in [0.3, 0.4) is 0 Å². The first-order valence-electron chi connectivity index (χ1n) is 11.1. The van der Waals surface area contributed by atoms with Crippen molar-refractivity contribution in [3.63, 3.8) is 0 Å². The molecule has 5 rings (SSSR count). The lowest BCUT2D eigenvalue weighted by Crippen LogP contribution is -2.70. The van der Waals surface area contributed by atoms with Gasteiger partial charge >= 0.3 is 0 Å². The van der Waals surface area contributed by atoms with Crippen molar-refractivity contribution in [3.05, 3.63) is 83.9 Å². The molecule has 2 heterocycles. The van der Waals surface area contributed by atoms with Crippen LogP contribution in [0.2, 0.25) is 0 Å². The fourth-order valence-electron chi connectivity index (χ4n) is 4.47. The molecular weight excluding hydrogens is 418 g/mol. The maximum atomic E-state index is 13.1. The number of nitrogens with zero attached hydrogens (tertiary/aromatic N) is 2. The number of hydrogen-bond donors (Lipinski definition) is 1. The van der Waals surface area contributed by atoms with E-state index in [1.807, 2.05) is 72.8 Å². The standard InChI is InChI=1S/C26H25N3O4/c30-24-23-15-28(25(31)21-11-10-19-8-4-5-9-20(19)14-21)12-13-29(23)26(32)22(27-24)17-33-16-18-6-2-1-3-7-18/h1-11,14,22-23H,12-13,15-17H2,(H,27,30)/t22-,23+/m0/s1. The molecule has 2 saturated heterocycles. The minimum atomic E-state index is -0.708. The lowest BCUT2D eigenvalue weighted by Gasteiger charge is -2.45. The van der Waals surface area contributed by atoms with E-state index in [9.17, 15) is 14.4 Å². The second kappa shape index (κ2) is 9.03. The zero-order valence-electron chi connectivity index (χ0n) is 18.1. The highest BCUT2D eigenvalue weighted by atomic mass is 16.5. The Kier molecular flexibility index (Phi) is 5.79. The quantitative estimate of drug-likeness (QED) is 0.656. The van der Waals surface area contributed by atoms with Crippen LogP contribution < -0.4 is 5.32 Å². The topological polar surface area (TPSA) is 79.0 Å². The van der Waals surface area contributed by atoms with Gasteiger partial charge in [0.05, 0.1) is 19.8 Å². The maximum absolute atomic E-state index is 13.1. The molecule has 7 nitrogen and oxygen atoms in total. The Hall–Kier alpha value is -3.71. The number of piperazine rings is 2. The summed E-state index contributed by atoms with van der Waals surface area (Å²) in [5, 5.41) is 4.84. The van der Waals surface area contributed by atoms with Crippen LogP contribution in [0.15, 0.2) is 72.8 Å². The molecule has 2 aliphatic rings. The van der Waals surface area contributed by atoms with Crippen molar-refractivity contribution in [2.24, 2.45) is 0 Å². The summed E-state index contributed by atoms with van der Waals surface area (Å²) in [4.78, 5) is 42.1. The second-order valence-corrected chi connectivity index (χ2v) is 8.42. The van der Waals surface area contributed by atoms with E-state index in [0.29, 0.717) is 25.3 Å². The van der Waals surface area contributed by atoms with Gasteiger partial charge in [-0.15, -0.1) is 0 Å². The zero-order chi connectivity index (χ0) is 22.8. The maximum Gasteiger partial charge on any atom is 0.254 e. The highest BCUT2D eigenvalue weighted by Crippen LogP contribution is 2.21. The molecule has 33 heavy (non-hydrogen) atoms. The van der Waals surface area contributed by atoms with Crippen molar-refractivity contribution >= 4 is 28.5 Å². The molecule has 0 aliphatic carbocycles. The summed E-state index contributed by atoms with van der Waals surface area (Å²) >= 11 is 0. The first-order valence-corrected chi connectivity index (χ1v) is 11.1. The van der Waals surface area contributed by atoms with Crippen LogP contribution in [0.1, 0.15) is 15.9 Å². The first-order chi connectivity index (χ1) is 16.1. The number of benzene rings is 3. The van der Waals surface area contributed by atoms with Crippen LogP contribution in [0.5, 0.6) is 0 Å². The molecule has 0 saturated carbocycles. The van der Waals surface area contributed by atoms with Crippen LogP contribution in [0.25, 0.3) is 10.8 Å². The Balaban J connectivity index is 1.22. The molecule has 2 atom stereocenters. The van der Waals surface area contributed by atoms with Crippen molar-refractivity contribution < 1.29 is 19.1 Å². The third-order valence-corrected chi connectivity index (χ3v) is 6.26. The SMILES string of the molecule is O=C1N[C@@H](COCc2ccccc2)C(=O)N2CCN(C(=O)c3ccc4ccccc4c3)C[C@H]12. The van der Waals surface area contributed by atoms with E-state index in [1.165, 1.54) is 0 Å². The van der Waals surface area contributed by atoms with E-state index < -0.39 is 12.1 Å². The van der Waals surface area contributed by atoms with Gasteiger partial charge in [0.25, 0.3) is 5.91 Å². The number of amides is 3. The van der Waals surface area contributed by atoms with Gasteiger partial charge in [0.2, 0.25) is 11.8 Å². The fraction of sp³-hybridized carbons (Fsp3) is 0.269. The van der Waals surface area contributed by atoms with E-state index in [2.05, 4.69) is 5.32 Å². The summed E-state index contributed by atoms with van der Waals surface area (Å²) in [6.07, 6.45) is 0. The number of rotatable bonds is 5. The highest BCUT2D eigenvalue weighted by molar-refractivity contribution is 6.01. The third kappa shape index (κ3) is 4.32. The molecule has 0 aromatic heterocycles. The van der Waals surface area contributed by atoms with E-state index in [0.717, 1.165) is 16.3 Å². The Morgan fingerprint density at radius 1 is 0.939 bits per heavy atom. The van der Waals surface area contributed by atoms with Gasteiger partial charge in [-0.05, 0) is 28.5 Å². The van der Waals surface area contributed by atoms with Crippen molar-refractivity contribution in [2.45, 2.75) is 18.7 Å². The molecule has 168 valence electrons. The van der Waals surface area contributed by atoms with Gasteiger partial charge in [-0.2, -0.15) is 0 Å². The molecule has 7 heteroatoms. The smallest absolute Gasteiger partial charge is 0.254 e. The first kappa shape index (κ1) is 21.2. The normalized spacial score (nSPS) is 20.5. The van der Waals surface area contributed by atoms with Crippen LogP contribution in [0, 0.1) is 0 Å². The van der Waals surface area contributed by atoms with Gasteiger partial charge in [0, 0.05) is 18.7 Å². The summed E-state index contributed by atoms with van der Waals surface area (Å²) in [5.41, 5.74) is 1.59. The predicted octanol–water partition coefficient (Wildman–Crippen LogP) is 2.21. The highest BCUT2D eigenvalue weighted by Gasteiger charge is 2.44. The van der Waals surface area contributed by atoms with Crippen molar-refractivity contribution in [1.29, 1.82) is 0 Å². The van der Waals surface area contributed by atoms with E-state index >= 15 is 0 Å². The molecule has 0 unspecified atom stereocenters. The molecule has 2 fully saturated rings. The van der Waals surface area contributed by atoms with Crippen molar-refractivity contribution in [2.75, 3.05) is 26.2 Å². The molecule has 1 N–H and O–H groups in total. The average molecular weight is 444 g/mol. The molecule has 2 aliphatic heterocycles.